The van der Waals surface area contributed by atoms with E-state index in [0.717, 1.165) is 5.69 Å². The van der Waals surface area contributed by atoms with E-state index in [4.69, 9.17) is 4.74 Å². The van der Waals surface area contributed by atoms with E-state index >= 15 is 0 Å². The van der Waals surface area contributed by atoms with Crippen molar-refractivity contribution in [2.45, 2.75) is 39.7 Å². The molecule has 0 fully saturated rings. The first kappa shape index (κ1) is 11.4. The smallest absolute Gasteiger partial charge is 0.217 e. The number of rotatable bonds is 3. The second-order valence-electron chi connectivity index (χ2n) is 3.72. The van der Waals surface area contributed by atoms with Crippen LogP contribution < -0.4 is 4.74 Å². The summed E-state index contributed by atoms with van der Waals surface area (Å²) in [5, 5.41) is 0. The highest BCUT2D eigenvalue weighted by molar-refractivity contribution is 9.10. The standard InChI is InChI=1S/C10H15BrN2O/c1-6(2)8-5-9(14-7(3)4)13-10(11)12-8/h5-7H,1-4H3. The third kappa shape index (κ3) is 3.25. The summed E-state index contributed by atoms with van der Waals surface area (Å²) in [5.74, 6) is 1.01. The SMILES string of the molecule is CC(C)Oc1cc(C(C)C)nc(Br)n1. The van der Waals surface area contributed by atoms with Crippen LogP contribution in [-0.4, -0.2) is 16.1 Å². The normalized spacial score (nSPS) is 11.1. The summed E-state index contributed by atoms with van der Waals surface area (Å²) in [6.07, 6.45) is 0.136. The Hall–Kier alpha value is -0.640. The molecule has 4 heteroatoms. The molecule has 14 heavy (non-hydrogen) atoms. The first-order chi connectivity index (χ1) is 6.49. The van der Waals surface area contributed by atoms with Crippen molar-refractivity contribution < 1.29 is 4.74 Å². The van der Waals surface area contributed by atoms with Gasteiger partial charge in [-0.15, -0.1) is 0 Å². The number of hydrogen-bond acceptors (Lipinski definition) is 3. The molecule has 0 saturated heterocycles. The summed E-state index contributed by atoms with van der Waals surface area (Å²) >= 11 is 3.27. The zero-order valence-corrected chi connectivity index (χ0v) is 10.5. The Morgan fingerprint density at radius 2 is 1.86 bits per heavy atom. The van der Waals surface area contributed by atoms with Crippen molar-refractivity contribution in [1.29, 1.82) is 0 Å². The molecule has 0 radical (unpaired) electrons. The van der Waals surface area contributed by atoms with Crippen molar-refractivity contribution >= 4 is 15.9 Å². The Kier molecular flexibility index (Phi) is 3.86. The van der Waals surface area contributed by atoms with E-state index in [1.807, 2.05) is 19.9 Å². The van der Waals surface area contributed by atoms with Gasteiger partial charge in [0.2, 0.25) is 5.88 Å². The highest BCUT2D eigenvalue weighted by Crippen LogP contribution is 2.19. The van der Waals surface area contributed by atoms with Gasteiger partial charge < -0.3 is 4.74 Å². The van der Waals surface area contributed by atoms with Gasteiger partial charge >= 0.3 is 0 Å². The Balaban J connectivity index is 2.95. The van der Waals surface area contributed by atoms with Crippen LogP contribution in [-0.2, 0) is 0 Å². The first-order valence-corrected chi connectivity index (χ1v) is 5.49. The predicted molar refractivity (Wildman–Crippen MR) is 59.6 cm³/mol. The minimum absolute atomic E-state index is 0.136. The van der Waals surface area contributed by atoms with Gasteiger partial charge in [0.15, 0.2) is 4.73 Å². The molecule has 3 nitrogen and oxygen atoms in total. The van der Waals surface area contributed by atoms with Crippen molar-refractivity contribution in [3.05, 3.63) is 16.5 Å². The number of halogens is 1. The third-order valence-corrected chi connectivity index (χ3v) is 2.00. The van der Waals surface area contributed by atoms with Crippen LogP contribution in [0, 0.1) is 0 Å². The van der Waals surface area contributed by atoms with Crippen LogP contribution in [0.25, 0.3) is 0 Å². The Bertz CT molecular complexity index is 313. The molecule has 0 aromatic carbocycles. The molecule has 0 N–H and O–H groups in total. The van der Waals surface area contributed by atoms with Crippen LogP contribution in [0.2, 0.25) is 0 Å². The lowest BCUT2D eigenvalue weighted by Crippen LogP contribution is -2.08. The van der Waals surface area contributed by atoms with E-state index in [2.05, 4.69) is 39.7 Å². The Morgan fingerprint density at radius 1 is 1.21 bits per heavy atom. The molecule has 1 heterocycles. The van der Waals surface area contributed by atoms with Crippen LogP contribution in [0.3, 0.4) is 0 Å². The first-order valence-electron chi connectivity index (χ1n) is 4.70. The van der Waals surface area contributed by atoms with Crippen molar-refractivity contribution in [2.24, 2.45) is 0 Å². The fraction of sp³-hybridized carbons (Fsp3) is 0.600. The molecule has 0 spiro atoms. The quantitative estimate of drug-likeness (QED) is 0.782. The average molecular weight is 259 g/mol. The largest absolute Gasteiger partial charge is 0.475 e. The molecular formula is C10H15BrN2O. The molecule has 1 aromatic rings. The highest BCUT2D eigenvalue weighted by atomic mass is 79.9. The fourth-order valence-corrected chi connectivity index (χ4v) is 1.39. The summed E-state index contributed by atoms with van der Waals surface area (Å²) in [4.78, 5) is 8.41. The highest BCUT2D eigenvalue weighted by Gasteiger charge is 2.07. The number of aromatic nitrogens is 2. The van der Waals surface area contributed by atoms with Gasteiger partial charge in [-0.1, -0.05) is 13.8 Å². The zero-order valence-electron chi connectivity index (χ0n) is 8.91. The minimum atomic E-state index is 0.136. The summed E-state index contributed by atoms with van der Waals surface area (Å²) in [6, 6.07) is 1.88. The Labute approximate surface area is 93.0 Å². The molecule has 78 valence electrons. The van der Waals surface area contributed by atoms with Gasteiger partial charge in [0, 0.05) is 6.07 Å². The Morgan fingerprint density at radius 3 is 2.36 bits per heavy atom. The predicted octanol–water partition coefficient (Wildman–Crippen LogP) is 3.15. The second kappa shape index (κ2) is 4.73. The van der Waals surface area contributed by atoms with E-state index in [-0.39, 0.29) is 6.10 Å². The van der Waals surface area contributed by atoms with Gasteiger partial charge in [0.25, 0.3) is 0 Å². The molecule has 0 aliphatic heterocycles. The van der Waals surface area contributed by atoms with Crippen molar-refractivity contribution in [3.63, 3.8) is 0 Å². The molecule has 1 rings (SSSR count). The van der Waals surface area contributed by atoms with Gasteiger partial charge in [-0.3, -0.25) is 0 Å². The molecule has 0 aliphatic carbocycles. The maximum absolute atomic E-state index is 5.50. The molecule has 0 atom stereocenters. The van der Waals surface area contributed by atoms with Crippen LogP contribution >= 0.6 is 15.9 Å². The molecule has 0 aliphatic rings. The number of hydrogen-bond donors (Lipinski definition) is 0. The van der Waals surface area contributed by atoms with Gasteiger partial charge in [-0.2, -0.15) is 4.98 Å². The van der Waals surface area contributed by atoms with Crippen molar-refractivity contribution in [2.75, 3.05) is 0 Å². The summed E-state index contributed by atoms with van der Waals surface area (Å²) in [7, 11) is 0. The van der Waals surface area contributed by atoms with Crippen molar-refractivity contribution in [1.82, 2.24) is 9.97 Å². The van der Waals surface area contributed by atoms with Gasteiger partial charge in [-0.05, 0) is 35.7 Å². The fourth-order valence-electron chi connectivity index (χ4n) is 1.01. The molecule has 1 aromatic heterocycles. The van der Waals surface area contributed by atoms with E-state index in [1.165, 1.54) is 0 Å². The maximum atomic E-state index is 5.50. The van der Waals surface area contributed by atoms with E-state index in [1.54, 1.807) is 0 Å². The lowest BCUT2D eigenvalue weighted by atomic mass is 10.1. The molecule has 0 amide bonds. The lowest BCUT2D eigenvalue weighted by molar-refractivity contribution is 0.231. The topological polar surface area (TPSA) is 35.0 Å². The molecule has 0 saturated carbocycles. The van der Waals surface area contributed by atoms with Crippen LogP contribution in [0.15, 0.2) is 10.8 Å². The van der Waals surface area contributed by atoms with E-state index in [9.17, 15) is 0 Å². The van der Waals surface area contributed by atoms with Crippen LogP contribution in [0.1, 0.15) is 39.3 Å². The lowest BCUT2D eigenvalue weighted by Gasteiger charge is -2.11. The minimum Gasteiger partial charge on any atom is -0.475 e. The number of ether oxygens (including phenoxy) is 1. The summed E-state index contributed by atoms with van der Waals surface area (Å²) in [6.45, 7) is 8.14. The summed E-state index contributed by atoms with van der Waals surface area (Å²) in [5.41, 5.74) is 0.988. The molecule has 0 unspecified atom stereocenters. The van der Waals surface area contributed by atoms with Crippen molar-refractivity contribution in [3.8, 4) is 5.88 Å². The van der Waals surface area contributed by atoms with Gasteiger partial charge in [-0.25, -0.2) is 4.98 Å². The molecule has 0 bridgehead atoms. The second-order valence-corrected chi connectivity index (χ2v) is 4.43. The number of nitrogens with zero attached hydrogens (tertiary/aromatic N) is 2. The van der Waals surface area contributed by atoms with Gasteiger partial charge in [0.1, 0.15) is 0 Å². The maximum Gasteiger partial charge on any atom is 0.217 e. The molecular weight excluding hydrogens is 244 g/mol. The van der Waals surface area contributed by atoms with Gasteiger partial charge in [0.05, 0.1) is 11.8 Å². The third-order valence-electron chi connectivity index (χ3n) is 1.64. The van der Waals surface area contributed by atoms with E-state index in [0.29, 0.717) is 16.5 Å². The van der Waals surface area contributed by atoms with Crippen LogP contribution in [0.4, 0.5) is 0 Å². The monoisotopic (exact) mass is 258 g/mol. The van der Waals surface area contributed by atoms with Crippen LogP contribution in [0.5, 0.6) is 5.88 Å². The van der Waals surface area contributed by atoms with E-state index < -0.39 is 0 Å². The summed E-state index contributed by atoms with van der Waals surface area (Å²) < 4.78 is 6.09. The zero-order chi connectivity index (χ0) is 10.7. The average Bonchev–Trinajstić information content (AvgIpc) is 2.01.